The topological polar surface area (TPSA) is 123 Å². The van der Waals surface area contributed by atoms with E-state index in [1.165, 1.54) is 9.80 Å². The van der Waals surface area contributed by atoms with Crippen LogP contribution in [0.2, 0.25) is 0 Å². The van der Waals surface area contributed by atoms with Crippen LogP contribution in [-0.4, -0.2) is 101 Å². The van der Waals surface area contributed by atoms with Gasteiger partial charge in [0.1, 0.15) is 5.60 Å². The number of amides is 3. The van der Waals surface area contributed by atoms with Gasteiger partial charge in [-0.05, 0) is 20.8 Å². The summed E-state index contributed by atoms with van der Waals surface area (Å²) in [5, 5.41) is 21.5. The standard InChI is InChI=1S/C15H28N4O6/c1-15(2,3)25-14(24)19-7-5-16-4-6-17(12(20)21)8-9-18(10-11-19)13(22)23/h16H,4-11H2,1-3H3,(H,20,21)(H,22,23). The van der Waals surface area contributed by atoms with E-state index in [-0.39, 0.29) is 32.7 Å². The fourth-order valence-corrected chi connectivity index (χ4v) is 2.26. The van der Waals surface area contributed by atoms with Crippen LogP contribution in [0.4, 0.5) is 14.4 Å². The van der Waals surface area contributed by atoms with Gasteiger partial charge in [-0.2, -0.15) is 0 Å². The third-order valence-corrected chi connectivity index (χ3v) is 3.59. The Bertz CT molecular complexity index is 479. The first-order valence-electron chi connectivity index (χ1n) is 8.24. The summed E-state index contributed by atoms with van der Waals surface area (Å²) >= 11 is 0. The fourth-order valence-electron chi connectivity index (χ4n) is 2.26. The van der Waals surface area contributed by atoms with E-state index in [0.717, 1.165) is 4.90 Å². The molecule has 25 heavy (non-hydrogen) atoms. The lowest BCUT2D eigenvalue weighted by Crippen LogP contribution is -2.49. The van der Waals surface area contributed by atoms with E-state index in [2.05, 4.69) is 5.32 Å². The van der Waals surface area contributed by atoms with Gasteiger partial charge in [0, 0.05) is 52.4 Å². The van der Waals surface area contributed by atoms with Crippen molar-refractivity contribution in [2.75, 3.05) is 52.4 Å². The Morgan fingerprint density at radius 2 is 1.20 bits per heavy atom. The number of carboxylic acid groups (broad SMARTS) is 2. The van der Waals surface area contributed by atoms with E-state index in [4.69, 9.17) is 9.84 Å². The zero-order valence-electron chi connectivity index (χ0n) is 15.0. The number of carbonyl (C=O) groups is 3. The molecule has 10 heteroatoms. The summed E-state index contributed by atoms with van der Waals surface area (Å²) in [4.78, 5) is 38.6. The largest absolute Gasteiger partial charge is 0.465 e. The van der Waals surface area contributed by atoms with Gasteiger partial charge in [0.2, 0.25) is 0 Å². The van der Waals surface area contributed by atoms with E-state index in [9.17, 15) is 19.5 Å². The van der Waals surface area contributed by atoms with Crippen molar-refractivity contribution < 1.29 is 29.3 Å². The van der Waals surface area contributed by atoms with Crippen molar-refractivity contribution in [3.63, 3.8) is 0 Å². The molecule has 10 nitrogen and oxygen atoms in total. The molecule has 0 bridgehead atoms. The summed E-state index contributed by atoms with van der Waals surface area (Å²) in [6.45, 7) is 7.15. The number of nitrogens with one attached hydrogen (secondary N) is 1. The second-order valence-electron chi connectivity index (χ2n) is 6.76. The lowest BCUT2D eigenvalue weighted by Gasteiger charge is -2.31. The van der Waals surface area contributed by atoms with Crippen molar-refractivity contribution in [3.8, 4) is 0 Å². The molecular weight excluding hydrogens is 332 g/mol. The van der Waals surface area contributed by atoms with Crippen molar-refractivity contribution in [2.45, 2.75) is 26.4 Å². The summed E-state index contributed by atoms with van der Waals surface area (Å²) in [5.74, 6) is 0. The third kappa shape index (κ3) is 7.92. The molecular formula is C15H28N4O6. The predicted octanol–water partition coefficient (Wildman–Crippen LogP) is 0.787. The van der Waals surface area contributed by atoms with Crippen LogP contribution in [0.3, 0.4) is 0 Å². The highest BCUT2D eigenvalue weighted by Gasteiger charge is 2.24. The quantitative estimate of drug-likeness (QED) is 0.583. The lowest BCUT2D eigenvalue weighted by atomic mass is 10.2. The molecule has 144 valence electrons. The van der Waals surface area contributed by atoms with E-state index in [1.807, 2.05) is 0 Å². The molecule has 0 saturated carbocycles. The summed E-state index contributed by atoms with van der Waals surface area (Å²) in [5.41, 5.74) is -0.636. The maximum atomic E-state index is 12.3. The molecule has 0 aromatic heterocycles. The van der Waals surface area contributed by atoms with Crippen LogP contribution in [0.5, 0.6) is 0 Å². The van der Waals surface area contributed by atoms with Crippen molar-refractivity contribution in [3.05, 3.63) is 0 Å². The van der Waals surface area contributed by atoms with Gasteiger partial charge in [-0.25, -0.2) is 14.4 Å². The Labute approximate surface area is 147 Å². The predicted molar refractivity (Wildman–Crippen MR) is 89.9 cm³/mol. The van der Waals surface area contributed by atoms with Gasteiger partial charge in [0.25, 0.3) is 0 Å². The fraction of sp³-hybridized carbons (Fsp3) is 0.800. The van der Waals surface area contributed by atoms with E-state index >= 15 is 0 Å². The molecule has 1 aliphatic rings. The average molecular weight is 360 g/mol. The van der Waals surface area contributed by atoms with Gasteiger partial charge in [-0.1, -0.05) is 0 Å². The average Bonchev–Trinajstić information content (AvgIpc) is 2.45. The Balaban J connectivity index is 2.78. The molecule has 0 unspecified atom stereocenters. The first-order valence-corrected chi connectivity index (χ1v) is 8.24. The van der Waals surface area contributed by atoms with E-state index < -0.39 is 23.9 Å². The number of nitrogens with zero attached hydrogens (tertiary/aromatic N) is 3. The minimum absolute atomic E-state index is 0.0454. The summed E-state index contributed by atoms with van der Waals surface area (Å²) in [6.07, 6.45) is -2.73. The summed E-state index contributed by atoms with van der Waals surface area (Å²) in [7, 11) is 0. The second-order valence-corrected chi connectivity index (χ2v) is 6.76. The number of rotatable bonds is 0. The minimum Gasteiger partial charge on any atom is -0.465 e. The maximum Gasteiger partial charge on any atom is 0.410 e. The molecule has 1 fully saturated rings. The normalized spacial score (nSPS) is 18.1. The molecule has 3 N–H and O–H groups in total. The lowest BCUT2D eigenvalue weighted by molar-refractivity contribution is 0.0230. The molecule has 0 atom stereocenters. The molecule has 1 saturated heterocycles. The Morgan fingerprint density at radius 3 is 1.64 bits per heavy atom. The maximum absolute atomic E-state index is 12.3. The van der Waals surface area contributed by atoms with Crippen LogP contribution >= 0.6 is 0 Å². The zero-order valence-corrected chi connectivity index (χ0v) is 15.0. The van der Waals surface area contributed by atoms with Gasteiger partial charge in [-0.15, -0.1) is 0 Å². The van der Waals surface area contributed by atoms with Crippen molar-refractivity contribution in [1.82, 2.24) is 20.0 Å². The number of carbonyl (C=O) groups excluding carboxylic acids is 1. The summed E-state index contributed by atoms with van der Waals surface area (Å²) < 4.78 is 5.35. The monoisotopic (exact) mass is 360 g/mol. The Morgan fingerprint density at radius 1 is 0.800 bits per heavy atom. The van der Waals surface area contributed by atoms with Crippen LogP contribution < -0.4 is 5.32 Å². The van der Waals surface area contributed by atoms with E-state index in [0.29, 0.717) is 19.6 Å². The third-order valence-electron chi connectivity index (χ3n) is 3.59. The molecule has 1 heterocycles. The zero-order chi connectivity index (χ0) is 19.0. The van der Waals surface area contributed by atoms with Gasteiger partial charge in [0.05, 0.1) is 0 Å². The highest BCUT2D eigenvalue weighted by Crippen LogP contribution is 2.10. The SMILES string of the molecule is CC(C)(C)OC(=O)N1CCNCCN(C(=O)O)CCN(C(=O)O)CC1. The van der Waals surface area contributed by atoms with Gasteiger partial charge in [0.15, 0.2) is 0 Å². The van der Waals surface area contributed by atoms with Crippen molar-refractivity contribution in [2.24, 2.45) is 0 Å². The molecule has 0 aliphatic carbocycles. The minimum atomic E-state index is -1.15. The Kier molecular flexibility index (Phi) is 7.75. The molecule has 0 spiro atoms. The molecule has 1 aliphatic heterocycles. The molecule has 1 rings (SSSR count). The van der Waals surface area contributed by atoms with E-state index in [1.54, 1.807) is 20.8 Å². The van der Waals surface area contributed by atoms with Crippen LogP contribution in [-0.2, 0) is 4.74 Å². The highest BCUT2D eigenvalue weighted by atomic mass is 16.6. The number of ether oxygens (including phenoxy) is 1. The van der Waals surface area contributed by atoms with Crippen molar-refractivity contribution in [1.29, 1.82) is 0 Å². The first-order chi connectivity index (χ1) is 11.6. The number of hydrogen-bond donors (Lipinski definition) is 3. The molecule has 0 radical (unpaired) electrons. The van der Waals surface area contributed by atoms with Gasteiger partial charge >= 0.3 is 18.3 Å². The van der Waals surface area contributed by atoms with Crippen LogP contribution in [0.25, 0.3) is 0 Å². The van der Waals surface area contributed by atoms with Crippen LogP contribution in [0, 0.1) is 0 Å². The summed E-state index contributed by atoms with van der Waals surface area (Å²) in [6, 6.07) is 0. The first kappa shape index (κ1) is 20.8. The molecule has 0 aromatic rings. The smallest absolute Gasteiger partial charge is 0.410 e. The van der Waals surface area contributed by atoms with Crippen molar-refractivity contribution >= 4 is 18.3 Å². The van der Waals surface area contributed by atoms with Gasteiger partial charge in [-0.3, -0.25) is 0 Å². The number of hydrogen-bond acceptors (Lipinski definition) is 5. The Hall–Kier alpha value is -2.23. The van der Waals surface area contributed by atoms with Crippen LogP contribution in [0.1, 0.15) is 20.8 Å². The highest BCUT2D eigenvalue weighted by molar-refractivity contribution is 5.69. The van der Waals surface area contributed by atoms with Gasteiger partial charge < -0.3 is 35.0 Å². The second kappa shape index (κ2) is 9.30. The van der Waals surface area contributed by atoms with Crippen LogP contribution in [0.15, 0.2) is 0 Å². The molecule has 0 aromatic carbocycles. The molecule has 3 amide bonds.